The van der Waals surface area contributed by atoms with Crippen LogP contribution in [0.2, 0.25) is 0 Å². The number of hydrogen-bond donors (Lipinski definition) is 1. The van der Waals surface area contributed by atoms with Gasteiger partial charge in [-0.25, -0.2) is 4.79 Å². The summed E-state index contributed by atoms with van der Waals surface area (Å²) < 4.78 is 2.02. The molecule has 5 fully saturated rings. The third-order valence-electron chi connectivity index (χ3n) is 8.05. The van der Waals surface area contributed by atoms with E-state index in [1.165, 1.54) is 18.5 Å². The van der Waals surface area contributed by atoms with Gasteiger partial charge in [0, 0.05) is 18.4 Å². The summed E-state index contributed by atoms with van der Waals surface area (Å²) in [6.07, 6.45) is 12.4. The Hall–Kier alpha value is -0.990. The van der Waals surface area contributed by atoms with Gasteiger partial charge in [0.1, 0.15) is 0 Å². The fourth-order valence-corrected chi connectivity index (χ4v) is 7.32. The average molecular weight is 329 g/mol. The first-order chi connectivity index (χ1) is 11.6. The van der Waals surface area contributed by atoms with E-state index >= 15 is 0 Å². The second-order valence-electron chi connectivity index (χ2n) is 9.89. The van der Waals surface area contributed by atoms with Crippen LogP contribution in [-0.4, -0.2) is 9.55 Å². The molecule has 0 spiro atoms. The molecule has 3 heteroatoms. The SMILES string of the molecule is CC(C)c1c[nH]c(=O)n1CC1CC(C2C3CC4CC(C3)CC2C4)C1. The molecule has 1 heterocycles. The van der Waals surface area contributed by atoms with Gasteiger partial charge >= 0.3 is 5.69 Å². The standard InChI is InChI=1S/C21H32N2O/c1-12(2)19-10-22-21(24)23(19)11-15-8-18(9-15)20-16-4-13-3-14(6-16)7-17(20)5-13/h10,12-18,20H,3-9,11H2,1-2H3,(H,22,24). The molecule has 0 radical (unpaired) electrons. The highest BCUT2D eigenvalue weighted by Crippen LogP contribution is 2.61. The van der Waals surface area contributed by atoms with Crippen molar-refractivity contribution in [2.75, 3.05) is 0 Å². The molecule has 5 aliphatic rings. The summed E-state index contributed by atoms with van der Waals surface area (Å²) in [6, 6.07) is 0. The van der Waals surface area contributed by atoms with Crippen molar-refractivity contribution in [2.45, 2.75) is 71.3 Å². The quantitative estimate of drug-likeness (QED) is 0.874. The molecular formula is C21H32N2O. The van der Waals surface area contributed by atoms with Gasteiger partial charge in [-0.05, 0) is 92.3 Å². The molecule has 0 aromatic carbocycles. The molecule has 4 bridgehead atoms. The van der Waals surface area contributed by atoms with Gasteiger partial charge in [-0.1, -0.05) is 13.8 Å². The van der Waals surface area contributed by atoms with E-state index in [0.29, 0.717) is 5.92 Å². The largest absolute Gasteiger partial charge is 0.325 e. The van der Waals surface area contributed by atoms with Crippen molar-refractivity contribution in [3.05, 3.63) is 22.4 Å². The third kappa shape index (κ3) is 2.34. The summed E-state index contributed by atoms with van der Waals surface area (Å²) in [5, 5.41) is 0. The molecule has 5 aliphatic carbocycles. The Kier molecular flexibility index (Phi) is 3.50. The molecule has 132 valence electrons. The highest BCUT2D eigenvalue weighted by Gasteiger charge is 2.52. The zero-order valence-corrected chi connectivity index (χ0v) is 15.2. The van der Waals surface area contributed by atoms with E-state index in [1.807, 2.05) is 10.8 Å². The Morgan fingerprint density at radius 3 is 2.17 bits per heavy atom. The van der Waals surface area contributed by atoms with Crippen LogP contribution in [0.25, 0.3) is 0 Å². The maximum Gasteiger partial charge on any atom is 0.325 e. The van der Waals surface area contributed by atoms with Gasteiger partial charge in [0.25, 0.3) is 0 Å². The zero-order valence-electron chi connectivity index (χ0n) is 15.2. The second-order valence-corrected chi connectivity index (χ2v) is 9.89. The first-order valence-electron chi connectivity index (χ1n) is 10.4. The second kappa shape index (κ2) is 5.51. The van der Waals surface area contributed by atoms with E-state index in [-0.39, 0.29) is 5.69 Å². The summed E-state index contributed by atoms with van der Waals surface area (Å²) in [7, 11) is 0. The van der Waals surface area contributed by atoms with E-state index in [9.17, 15) is 4.79 Å². The van der Waals surface area contributed by atoms with Gasteiger partial charge in [0.2, 0.25) is 0 Å². The van der Waals surface area contributed by atoms with E-state index in [2.05, 4.69) is 18.8 Å². The predicted molar refractivity (Wildman–Crippen MR) is 95.9 cm³/mol. The van der Waals surface area contributed by atoms with Crippen LogP contribution < -0.4 is 5.69 Å². The number of aromatic amines is 1. The lowest BCUT2D eigenvalue weighted by Gasteiger charge is -2.59. The van der Waals surface area contributed by atoms with Crippen LogP contribution >= 0.6 is 0 Å². The predicted octanol–water partition coefficient (Wildman–Crippen LogP) is 4.40. The fourth-order valence-electron chi connectivity index (χ4n) is 7.32. The van der Waals surface area contributed by atoms with Gasteiger partial charge in [-0.3, -0.25) is 4.57 Å². The van der Waals surface area contributed by atoms with Crippen molar-refractivity contribution in [2.24, 2.45) is 41.4 Å². The Labute approximate surface area is 145 Å². The molecule has 1 aromatic rings. The molecule has 1 aromatic heterocycles. The lowest BCUT2D eigenvalue weighted by Crippen LogP contribution is -2.50. The summed E-state index contributed by atoms with van der Waals surface area (Å²) in [5.74, 6) is 7.48. The molecule has 0 atom stereocenters. The Balaban J connectivity index is 1.24. The fraction of sp³-hybridized carbons (Fsp3) is 0.857. The Morgan fingerprint density at radius 1 is 1.00 bits per heavy atom. The van der Waals surface area contributed by atoms with Gasteiger partial charge in [0.15, 0.2) is 0 Å². The topological polar surface area (TPSA) is 37.8 Å². The lowest BCUT2D eigenvalue weighted by atomic mass is 9.47. The first kappa shape index (κ1) is 15.3. The number of aromatic nitrogens is 2. The van der Waals surface area contributed by atoms with Crippen molar-refractivity contribution in [3.63, 3.8) is 0 Å². The molecular weight excluding hydrogens is 296 g/mol. The number of hydrogen-bond acceptors (Lipinski definition) is 1. The highest BCUT2D eigenvalue weighted by molar-refractivity contribution is 5.06. The smallest absolute Gasteiger partial charge is 0.312 e. The van der Waals surface area contributed by atoms with Gasteiger partial charge in [-0.2, -0.15) is 0 Å². The van der Waals surface area contributed by atoms with E-state index in [0.717, 1.165) is 48.0 Å². The van der Waals surface area contributed by atoms with Crippen molar-refractivity contribution in [3.8, 4) is 0 Å². The van der Waals surface area contributed by atoms with Gasteiger partial charge in [-0.15, -0.1) is 0 Å². The molecule has 1 N–H and O–H groups in total. The summed E-state index contributed by atoms with van der Waals surface area (Å²) in [4.78, 5) is 15.0. The average Bonchev–Trinajstić information content (AvgIpc) is 2.84. The van der Waals surface area contributed by atoms with Crippen LogP contribution in [-0.2, 0) is 6.54 Å². The summed E-state index contributed by atoms with van der Waals surface area (Å²) in [6.45, 7) is 5.30. The monoisotopic (exact) mass is 328 g/mol. The maximum atomic E-state index is 12.1. The van der Waals surface area contributed by atoms with E-state index in [4.69, 9.17) is 0 Å². The molecule has 0 amide bonds. The van der Waals surface area contributed by atoms with Crippen molar-refractivity contribution < 1.29 is 0 Å². The number of nitrogens with zero attached hydrogens (tertiary/aromatic N) is 1. The first-order valence-corrected chi connectivity index (χ1v) is 10.4. The van der Waals surface area contributed by atoms with Gasteiger partial charge < -0.3 is 4.98 Å². The molecule has 0 unspecified atom stereocenters. The highest BCUT2D eigenvalue weighted by atomic mass is 16.1. The van der Waals surface area contributed by atoms with Gasteiger partial charge in [0.05, 0.1) is 0 Å². The lowest BCUT2D eigenvalue weighted by molar-refractivity contribution is -0.0892. The minimum absolute atomic E-state index is 0.0942. The summed E-state index contributed by atoms with van der Waals surface area (Å²) in [5.41, 5.74) is 1.27. The van der Waals surface area contributed by atoms with Crippen LogP contribution in [0.1, 0.15) is 70.4 Å². The van der Waals surface area contributed by atoms with E-state index < -0.39 is 0 Å². The van der Waals surface area contributed by atoms with Crippen molar-refractivity contribution in [1.82, 2.24) is 9.55 Å². The molecule has 0 aliphatic heterocycles. The summed E-state index contributed by atoms with van der Waals surface area (Å²) >= 11 is 0. The van der Waals surface area contributed by atoms with Crippen molar-refractivity contribution >= 4 is 0 Å². The molecule has 24 heavy (non-hydrogen) atoms. The number of nitrogens with one attached hydrogen (secondary N) is 1. The molecule has 5 saturated carbocycles. The minimum Gasteiger partial charge on any atom is -0.312 e. The van der Waals surface area contributed by atoms with Crippen LogP contribution in [0, 0.1) is 41.4 Å². The molecule has 3 nitrogen and oxygen atoms in total. The molecule has 0 saturated heterocycles. The van der Waals surface area contributed by atoms with Crippen LogP contribution in [0.3, 0.4) is 0 Å². The molecule has 6 rings (SSSR count). The maximum absolute atomic E-state index is 12.1. The normalized spacial score (nSPS) is 43.4. The van der Waals surface area contributed by atoms with Crippen LogP contribution in [0.4, 0.5) is 0 Å². The number of H-pyrrole nitrogens is 1. The zero-order chi connectivity index (χ0) is 16.4. The van der Waals surface area contributed by atoms with Crippen LogP contribution in [0.5, 0.6) is 0 Å². The number of imidazole rings is 1. The van der Waals surface area contributed by atoms with Crippen molar-refractivity contribution in [1.29, 1.82) is 0 Å². The minimum atomic E-state index is 0.0942. The Morgan fingerprint density at radius 2 is 1.58 bits per heavy atom. The Bertz CT molecular complexity index is 636. The number of rotatable bonds is 4. The third-order valence-corrected chi connectivity index (χ3v) is 8.05. The van der Waals surface area contributed by atoms with E-state index in [1.54, 1.807) is 32.1 Å². The van der Waals surface area contributed by atoms with Crippen LogP contribution in [0.15, 0.2) is 11.0 Å².